The third-order valence-corrected chi connectivity index (χ3v) is 5.06. The van der Waals surface area contributed by atoms with Gasteiger partial charge in [0.05, 0.1) is 13.2 Å². The van der Waals surface area contributed by atoms with E-state index in [-0.39, 0.29) is 42.5 Å². The van der Waals surface area contributed by atoms with E-state index in [0.29, 0.717) is 6.61 Å². The van der Waals surface area contributed by atoms with Crippen LogP contribution >= 0.6 is 24.0 Å². The number of hydrogen-bond donors (Lipinski definition) is 1. The van der Waals surface area contributed by atoms with Crippen molar-refractivity contribution in [1.82, 2.24) is 15.1 Å². The fourth-order valence-corrected chi connectivity index (χ4v) is 3.61. The molecule has 2 aliphatic rings. The van der Waals surface area contributed by atoms with Crippen molar-refractivity contribution in [2.45, 2.75) is 32.8 Å². The highest BCUT2D eigenvalue weighted by atomic mass is 127. The summed E-state index contributed by atoms with van der Waals surface area (Å²) in [4.78, 5) is 21.1. The van der Waals surface area contributed by atoms with Crippen LogP contribution in [0.3, 0.4) is 0 Å². The van der Waals surface area contributed by atoms with Gasteiger partial charge in [0.2, 0.25) is 5.91 Å². The number of amides is 1. The van der Waals surface area contributed by atoms with Crippen molar-refractivity contribution in [2.24, 2.45) is 4.99 Å². The van der Waals surface area contributed by atoms with Crippen LogP contribution < -0.4 is 5.32 Å². The van der Waals surface area contributed by atoms with Crippen LogP contribution in [0.15, 0.2) is 29.3 Å². The van der Waals surface area contributed by atoms with Gasteiger partial charge in [-0.25, -0.2) is 4.99 Å². The molecule has 1 atom stereocenters. The molecule has 0 aliphatic carbocycles. The highest BCUT2D eigenvalue weighted by molar-refractivity contribution is 14.0. The molecule has 0 aromatic heterocycles. The molecule has 0 saturated carbocycles. The standard InChI is InChI=1S/C20H30N4O2.HI/c1-3-21-20(22-14-19(25)23-10-6-7-11-23)24-12-13-26-18(15-24)17-9-5-4-8-16(17)2;/h4-5,8-9,18H,3,6-7,10-15H2,1-2H3,(H,21,22);1H. The second-order valence-electron chi connectivity index (χ2n) is 6.92. The van der Waals surface area contributed by atoms with Gasteiger partial charge in [0.1, 0.15) is 12.6 Å². The molecule has 1 aromatic carbocycles. The molecule has 150 valence electrons. The zero-order valence-electron chi connectivity index (χ0n) is 16.3. The van der Waals surface area contributed by atoms with Gasteiger partial charge in [0.25, 0.3) is 0 Å². The molecule has 3 rings (SSSR count). The van der Waals surface area contributed by atoms with E-state index in [1.54, 1.807) is 0 Å². The Morgan fingerprint density at radius 1 is 1.22 bits per heavy atom. The Labute approximate surface area is 179 Å². The van der Waals surface area contributed by atoms with Gasteiger partial charge in [-0.05, 0) is 37.8 Å². The molecule has 7 heteroatoms. The van der Waals surface area contributed by atoms with Gasteiger partial charge in [-0.15, -0.1) is 24.0 Å². The Bertz CT molecular complexity index is 647. The highest BCUT2D eigenvalue weighted by Gasteiger charge is 2.25. The minimum atomic E-state index is 0. The fourth-order valence-electron chi connectivity index (χ4n) is 3.61. The molecule has 1 unspecified atom stereocenters. The largest absolute Gasteiger partial charge is 0.370 e. The van der Waals surface area contributed by atoms with Gasteiger partial charge in [0.15, 0.2) is 5.96 Å². The molecule has 1 N–H and O–H groups in total. The first-order valence-electron chi connectivity index (χ1n) is 9.67. The van der Waals surface area contributed by atoms with Crippen molar-refractivity contribution in [3.05, 3.63) is 35.4 Å². The van der Waals surface area contributed by atoms with Crippen LogP contribution in [0, 0.1) is 6.92 Å². The highest BCUT2D eigenvalue weighted by Crippen LogP contribution is 2.25. The zero-order valence-corrected chi connectivity index (χ0v) is 18.6. The van der Waals surface area contributed by atoms with Crippen LogP contribution in [-0.2, 0) is 9.53 Å². The maximum absolute atomic E-state index is 12.3. The first kappa shape index (κ1) is 21.9. The van der Waals surface area contributed by atoms with E-state index in [1.165, 1.54) is 11.1 Å². The normalized spacial score (nSPS) is 20.4. The Kier molecular flexibility index (Phi) is 8.82. The third-order valence-electron chi connectivity index (χ3n) is 5.06. The van der Waals surface area contributed by atoms with Gasteiger partial charge in [-0.3, -0.25) is 4.79 Å². The number of nitrogens with zero attached hydrogens (tertiary/aromatic N) is 3. The molecule has 0 radical (unpaired) electrons. The summed E-state index contributed by atoms with van der Waals surface area (Å²) in [7, 11) is 0. The monoisotopic (exact) mass is 486 g/mol. The summed E-state index contributed by atoms with van der Waals surface area (Å²) in [5.74, 6) is 0.934. The van der Waals surface area contributed by atoms with E-state index in [4.69, 9.17) is 4.74 Å². The number of hydrogen-bond acceptors (Lipinski definition) is 3. The molecule has 2 saturated heterocycles. The number of aryl methyl sites for hydroxylation is 1. The number of guanidine groups is 1. The van der Waals surface area contributed by atoms with Gasteiger partial charge in [-0.1, -0.05) is 24.3 Å². The van der Waals surface area contributed by atoms with E-state index >= 15 is 0 Å². The number of ether oxygens (including phenoxy) is 1. The molecule has 27 heavy (non-hydrogen) atoms. The second kappa shape index (κ2) is 10.8. The number of halogens is 1. The van der Waals surface area contributed by atoms with Gasteiger partial charge in [0, 0.05) is 26.2 Å². The van der Waals surface area contributed by atoms with Crippen molar-refractivity contribution in [1.29, 1.82) is 0 Å². The molecule has 2 aliphatic heterocycles. The molecule has 2 heterocycles. The number of likely N-dealkylation sites (tertiary alicyclic amines) is 1. The lowest BCUT2D eigenvalue weighted by atomic mass is 10.0. The number of carbonyl (C=O) groups excluding carboxylic acids is 1. The lowest BCUT2D eigenvalue weighted by Crippen LogP contribution is -2.48. The van der Waals surface area contributed by atoms with Gasteiger partial charge < -0.3 is 19.9 Å². The molecular formula is C20H31IN4O2. The quantitative estimate of drug-likeness (QED) is 0.404. The van der Waals surface area contributed by atoms with Crippen molar-refractivity contribution >= 4 is 35.8 Å². The fraction of sp³-hybridized carbons (Fsp3) is 0.600. The minimum absolute atomic E-state index is 0. The molecule has 2 fully saturated rings. The van der Waals surface area contributed by atoms with Crippen LogP contribution in [-0.4, -0.2) is 67.5 Å². The van der Waals surface area contributed by atoms with Crippen molar-refractivity contribution < 1.29 is 9.53 Å². The maximum atomic E-state index is 12.3. The van der Waals surface area contributed by atoms with Crippen molar-refractivity contribution in [2.75, 3.05) is 45.9 Å². The maximum Gasteiger partial charge on any atom is 0.244 e. The number of rotatable bonds is 4. The van der Waals surface area contributed by atoms with Crippen molar-refractivity contribution in [3.63, 3.8) is 0 Å². The summed E-state index contributed by atoms with van der Waals surface area (Å²) in [6.07, 6.45) is 2.25. The van der Waals surface area contributed by atoms with E-state index in [1.807, 2.05) is 4.90 Å². The Morgan fingerprint density at radius 3 is 2.67 bits per heavy atom. The van der Waals surface area contributed by atoms with Gasteiger partial charge in [-0.2, -0.15) is 0 Å². The smallest absolute Gasteiger partial charge is 0.244 e. The zero-order chi connectivity index (χ0) is 18.4. The second-order valence-corrected chi connectivity index (χ2v) is 6.92. The SMILES string of the molecule is CCNC(=NCC(=O)N1CCCC1)N1CCOC(c2ccccc2C)C1.I. The molecule has 1 amide bonds. The predicted molar refractivity (Wildman–Crippen MR) is 119 cm³/mol. The van der Waals surface area contributed by atoms with Crippen LogP contribution in [0.2, 0.25) is 0 Å². The molecular weight excluding hydrogens is 455 g/mol. The predicted octanol–water partition coefficient (Wildman–Crippen LogP) is 2.57. The van der Waals surface area contributed by atoms with Crippen LogP contribution in [0.1, 0.15) is 37.0 Å². The van der Waals surface area contributed by atoms with Crippen LogP contribution in [0.4, 0.5) is 0 Å². The lowest BCUT2D eigenvalue weighted by Gasteiger charge is -2.35. The lowest BCUT2D eigenvalue weighted by molar-refractivity contribution is -0.128. The summed E-state index contributed by atoms with van der Waals surface area (Å²) >= 11 is 0. The van der Waals surface area contributed by atoms with E-state index in [9.17, 15) is 4.79 Å². The minimum Gasteiger partial charge on any atom is -0.370 e. The number of aliphatic imine (C=N–C) groups is 1. The summed E-state index contributed by atoms with van der Waals surface area (Å²) in [5, 5.41) is 3.33. The van der Waals surface area contributed by atoms with E-state index in [0.717, 1.165) is 51.5 Å². The van der Waals surface area contributed by atoms with Gasteiger partial charge >= 0.3 is 0 Å². The van der Waals surface area contributed by atoms with Crippen LogP contribution in [0.5, 0.6) is 0 Å². The summed E-state index contributed by atoms with van der Waals surface area (Å²) in [6.45, 7) is 9.10. The van der Waals surface area contributed by atoms with Crippen LogP contribution in [0.25, 0.3) is 0 Å². The molecule has 0 bridgehead atoms. The number of nitrogens with one attached hydrogen (secondary N) is 1. The Balaban J connectivity index is 0.00000261. The van der Waals surface area contributed by atoms with Crippen molar-refractivity contribution in [3.8, 4) is 0 Å². The number of morpholine rings is 1. The first-order valence-corrected chi connectivity index (χ1v) is 9.67. The summed E-state index contributed by atoms with van der Waals surface area (Å²) in [6, 6.07) is 8.35. The number of benzene rings is 1. The average molecular weight is 486 g/mol. The first-order chi connectivity index (χ1) is 12.7. The van der Waals surface area contributed by atoms with E-state index in [2.05, 4.69) is 53.3 Å². The molecule has 0 spiro atoms. The van der Waals surface area contributed by atoms with E-state index < -0.39 is 0 Å². The summed E-state index contributed by atoms with van der Waals surface area (Å²) < 4.78 is 6.01. The summed E-state index contributed by atoms with van der Waals surface area (Å²) in [5.41, 5.74) is 2.46. The Morgan fingerprint density at radius 2 is 1.96 bits per heavy atom. The Hall–Kier alpha value is -1.35. The third kappa shape index (κ3) is 5.81. The topological polar surface area (TPSA) is 57.2 Å². The molecule has 1 aromatic rings. The molecule has 6 nitrogen and oxygen atoms in total. The average Bonchev–Trinajstić information content (AvgIpc) is 3.20. The number of carbonyl (C=O) groups is 1.